The highest BCUT2D eigenvalue weighted by molar-refractivity contribution is 6.31. The second-order valence-corrected chi connectivity index (χ2v) is 4.21. The molecule has 1 heterocycles. The van der Waals surface area contributed by atoms with Gasteiger partial charge in [0.25, 0.3) is 0 Å². The van der Waals surface area contributed by atoms with E-state index in [0.717, 1.165) is 5.39 Å². The highest BCUT2D eigenvalue weighted by atomic mass is 35.5. The van der Waals surface area contributed by atoms with E-state index in [9.17, 15) is 4.79 Å². The Labute approximate surface area is 109 Å². The van der Waals surface area contributed by atoms with E-state index < -0.39 is 5.63 Å². The zero-order valence-corrected chi connectivity index (χ0v) is 10.9. The molecule has 1 aromatic heterocycles. The maximum atomic E-state index is 11.5. The molecule has 1 aromatic carbocycles. The minimum Gasteiger partial charge on any atom is -0.491 e. The summed E-state index contributed by atoms with van der Waals surface area (Å²) in [7, 11) is 1.61. The largest absolute Gasteiger partial charge is 0.491 e. The monoisotopic (exact) mass is 268 g/mol. The minimum atomic E-state index is -0.532. The lowest BCUT2D eigenvalue weighted by Gasteiger charge is -2.07. The molecule has 0 spiro atoms. The van der Waals surface area contributed by atoms with Crippen LogP contribution in [0.5, 0.6) is 5.75 Å². The van der Waals surface area contributed by atoms with Crippen molar-refractivity contribution in [3.63, 3.8) is 0 Å². The van der Waals surface area contributed by atoms with Crippen molar-refractivity contribution in [1.82, 2.24) is 0 Å². The van der Waals surface area contributed by atoms with E-state index in [-0.39, 0.29) is 5.02 Å². The molecule has 0 aliphatic rings. The van der Waals surface area contributed by atoms with Gasteiger partial charge in [0, 0.05) is 18.6 Å². The maximum Gasteiger partial charge on any atom is 0.355 e. The van der Waals surface area contributed by atoms with Crippen LogP contribution in [-0.4, -0.2) is 20.3 Å². The summed E-state index contributed by atoms with van der Waals surface area (Å²) < 4.78 is 15.5. The Morgan fingerprint density at radius 1 is 1.33 bits per heavy atom. The molecule has 18 heavy (non-hydrogen) atoms. The predicted molar refractivity (Wildman–Crippen MR) is 69.6 cm³/mol. The molecule has 0 aliphatic heterocycles. The van der Waals surface area contributed by atoms with Crippen LogP contribution >= 0.6 is 11.6 Å². The third-order valence-electron chi connectivity index (χ3n) is 2.62. The van der Waals surface area contributed by atoms with Crippen LogP contribution in [0.1, 0.15) is 5.56 Å². The molecule has 2 aromatic rings. The standard InChI is InChI=1S/C13H13ClO4/c1-8-10-4-3-9(17-6-5-16-2)7-11(10)18-13(15)12(8)14/h3-4,7H,5-6H2,1-2H3. The number of aryl methyl sites for hydroxylation is 1. The van der Waals surface area contributed by atoms with Gasteiger partial charge in [-0.2, -0.15) is 0 Å². The molecule has 0 amide bonds. The Kier molecular flexibility index (Phi) is 3.89. The van der Waals surface area contributed by atoms with E-state index in [0.29, 0.717) is 30.1 Å². The number of halogens is 1. The maximum absolute atomic E-state index is 11.5. The number of rotatable bonds is 4. The van der Waals surface area contributed by atoms with Gasteiger partial charge in [-0.3, -0.25) is 0 Å². The van der Waals surface area contributed by atoms with E-state index in [2.05, 4.69) is 0 Å². The molecule has 0 aliphatic carbocycles. The lowest BCUT2D eigenvalue weighted by Crippen LogP contribution is -2.05. The second-order valence-electron chi connectivity index (χ2n) is 3.83. The smallest absolute Gasteiger partial charge is 0.355 e. The van der Waals surface area contributed by atoms with Gasteiger partial charge in [0.2, 0.25) is 0 Å². The number of hydrogen-bond acceptors (Lipinski definition) is 4. The van der Waals surface area contributed by atoms with Crippen LogP contribution in [0.15, 0.2) is 27.4 Å². The second kappa shape index (κ2) is 5.42. The van der Waals surface area contributed by atoms with Gasteiger partial charge in [-0.25, -0.2) is 4.79 Å². The van der Waals surface area contributed by atoms with Crippen LogP contribution in [0.2, 0.25) is 5.02 Å². The molecule has 0 bridgehead atoms. The van der Waals surface area contributed by atoms with Crippen molar-refractivity contribution in [2.45, 2.75) is 6.92 Å². The van der Waals surface area contributed by atoms with E-state index in [1.54, 1.807) is 26.2 Å². The van der Waals surface area contributed by atoms with Crippen LogP contribution in [0.3, 0.4) is 0 Å². The van der Waals surface area contributed by atoms with E-state index in [4.69, 9.17) is 25.5 Å². The van der Waals surface area contributed by atoms with Gasteiger partial charge >= 0.3 is 5.63 Å². The van der Waals surface area contributed by atoms with Gasteiger partial charge in [0.15, 0.2) is 0 Å². The first-order valence-electron chi connectivity index (χ1n) is 5.48. The van der Waals surface area contributed by atoms with Crippen LogP contribution in [-0.2, 0) is 4.74 Å². The summed E-state index contributed by atoms with van der Waals surface area (Å²) in [6.07, 6.45) is 0. The number of hydrogen-bond donors (Lipinski definition) is 0. The van der Waals surface area contributed by atoms with Gasteiger partial charge in [0.05, 0.1) is 6.61 Å². The van der Waals surface area contributed by atoms with Crippen molar-refractivity contribution in [1.29, 1.82) is 0 Å². The van der Waals surface area contributed by atoms with Crippen molar-refractivity contribution in [2.24, 2.45) is 0 Å². The molecule has 96 valence electrons. The Hall–Kier alpha value is -1.52. The van der Waals surface area contributed by atoms with E-state index in [1.807, 2.05) is 6.07 Å². The Bertz CT molecular complexity index is 618. The molecule has 0 unspecified atom stereocenters. The average molecular weight is 269 g/mol. The zero-order chi connectivity index (χ0) is 13.1. The van der Waals surface area contributed by atoms with Gasteiger partial charge < -0.3 is 13.9 Å². The number of benzene rings is 1. The van der Waals surface area contributed by atoms with Crippen molar-refractivity contribution >= 4 is 22.6 Å². The number of ether oxygens (including phenoxy) is 2. The third-order valence-corrected chi connectivity index (χ3v) is 3.06. The summed E-state index contributed by atoms with van der Waals surface area (Å²) in [6, 6.07) is 5.30. The quantitative estimate of drug-likeness (QED) is 0.632. The predicted octanol–water partition coefficient (Wildman–Crippen LogP) is 2.78. The van der Waals surface area contributed by atoms with Gasteiger partial charge in [-0.15, -0.1) is 0 Å². The Morgan fingerprint density at radius 3 is 2.83 bits per heavy atom. The molecular formula is C13H13ClO4. The fourth-order valence-corrected chi connectivity index (χ4v) is 1.79. The molecule has 0 saturated heterocycles. The summed E-state index contributed by atoms with van der Waals surface area (Å²) in [6.45, 7) is 2.73. The highest BCUT2D eigenvalue weighted by Crippen LogP contribution is 2.25. The van der Waals surface area contributed by atoms with Crippen LogP contribution in [0, 0.1) is 6.92 Å². The molecule has 0 radical (unpaired) electrons. The zero-order valence-electron chi connectivity index (χ0n) is 10.2. The average Bonchev–Trinajstić information content (AvgIpc) is 2.36. The van der Waals surface area contributed by atoms with Gasteiger partial charge in [0.1, 0.15) is 23.0 Å². The van der Waals surface area contributed by atoms with Crippen molar-refractivity contribution in [3.05, 3.63) is 39.2 Å². The van der Waals surface area contributed by atoms with Crippen LogP contribution < -0.4 is 10.4 Å². The molecular weight excluding hydrogens is 256 g/mol. The molecule has 0 atom stereocenters. The van der Waals surface area contributed by atoms with Crippen molar-refractivity contribution in [3.8, 4) is 5.75 Å². The highest BCUT2D eigenvalue weighted by Gasteiger charge is 2.09. The number of fused-ring (bicyclic) bond motifs is 1. The molecule has 0 fully saturated rings. The first-order valence-corrected chi connectivity index (χ1v) is 5.86. The molecule has 0 saturated carbocycles. The van der Waals surface area contributed by atoms with Crippen LogP contribution in [0.4, 0.5) is 0 Å². The van der Waals surface area contributed by atoms with Gasteiger partial charge in [-0.05, 0) is 24.6 Å². The lowest BCUT2D eigenvalue weighted by atomic mass is 10.1. The minimum absolute atomic E-state index is 0.121. The fourth-order valence-electron chi connectivity index (χ4n) is 1.65. The third kappa shape index (κ3) is 2.49. The molecule has 4 nitrogen and oxygen atoms in total. The van der Waals surface area contributed by atoms with E-state index in [1.165, 1.54) is 0 Å². The van der Waals surface area contributed by atoms with Gasteiger partial charge in [-0.1, -0.05) is 11.6 Å². The SMILES string of the molecule is COCCOc1ccc2c(C)c(Cl)c(=O)oc2c1. The number of methoxy groups -OCH3 is 1. The first kappa shape index (κ1) is 12.9. The molecule has 5 heteroatoms. The summed E-state index contributed by atoms with van der Waals surface area (Å²) in [5.41, 5.74) is 0.652. The van der Waals surface area contributed by atoms with E-state index >= 15 is 0 Å². The van der Waals surface area contributed by atoms with Crippen molar-refractivity contribution in [2.75, 3.05) is 20.3 Å². The Balaban J connectivity index is 2.40. The molecule has 2 rings (SSSR count). The van der Waals surface area contributed by atoms with Crippen molar-refractivity contribution < 1.29 is 13.9 Å². The fraction of sp³-hybridized carbons (Fsp3) is 0.308. The summed E-state index contributed by atoms with van der Waals surface area (Å²) in [4.78, 5) is 11.5. The topological polar surface area (TPSA) is 48.7 Å². The summed E-state index contributed by atoms with van der Waals surface area (Å²) in [5.74, 6) is 0.629. The molecule has 0 N–H and O–H groups in total. The summed E-state index contributed by atoms with van der Waals surface area (Å²) >= 11 is 5.84. The Morgan fingerprint density at radius 2 is 2.11 bits per heavy atom. The van der Waals surface area contributed by atoms with Crippen LogP contribution in [0.25, 0.3) is 11.0 Å². The lowest BCUT2D eigenvalue weighted by molar-refractivity contribution is 0.146. The normalized spacial score (nSPS) is 10.8. The first-order chi connectivity index (χ1) is 8.63. The summed E-state index contributed by atoms with van der Waals surface area (Å²) in [5, 5.41) is 0.925.